The summed E-state index contributed by atoms with van der Waals surface area (Å²) in [4.78, 5) is 37.5. The van der Waals surface area contributed by atoms with Crippen LogP contribution < -0.4 is 10.6 Å². The second kappa shape index (κ2) is 8.99. The monoisotopic (exact) mass is 397 g/mol. The molecule has 154 valence electrons. The van der Waals surface area contributed by atoms with Crippen molar-refractivity contribution in [2.24, 2.45) is 0 Å². The molecule has 0 atom stereocenters. The van der Waals surface area contributed by atoms with Gasteiger partial charge in [-0.05, 0) is 45.7 Å². The third kappa shape index (κ3) is 6.47. The van der Waals surface area contributed by atoms with Crippen molar-refractivity contribution in [3.8, 4) is 0 Å². The zero-order valence-corrected chi connectivity index (χ0v) is 16.2. The summed E-state index contributed by atoms with van der Waals surface area (Å²) in [6.45, 7) is 5.96. The molecule has 1 heterocycles. The second-order valence-corrected chi connectivity index (χ2v) is 7.62. The third-order valence-corrected chi connectivity index (χ3v) is 4.10. The van der Waals surface area contributed by atoms with Crippen LogP contribution in [0.5, 0.6) is 0 Å². The molecule has 1 aliphatic heterocycles. The lowest BCUT2D eigenvalue weighted by Crippen LogP contribution is -2.49. The van der Waals surface area contributed by atoms with E-state index in [0.717, 1.165) is 12.1 Å². The topological polar surface area (TPSA) is 87.7 Å². The average Bonchev–Trinajstić information content (AvgIpc) is 2.59. The Labute approximate surface area is 162 Å². The summed E-state index contributed by atoms with van der Waals surface area (Å²) < 4.78 is 31.8. The van der Waals surface area contributed by atoms with Gasteiger partial charge in [-0.1, -0.05) is 0 Å². The molecular formula is C19H25F2N3O4. The lowest BCUT2D eigenvalue weighted by molar-refractivity contribution is -0.121. The SMILES string of the molecule is CC(C)(C)OC(=O)N1CCC(NC(=O)CNC(=O)c2ccc(F)cc2F)CC1. The third-order valence-electron chi connectivity index (χ3n) is 4.10. The fourth-order valence-electron chi connectivity index (χ4n) is 2.74. The predicted molar refractivity (Wildman–Crippen MR) is 97.7 cm³/mol. The maximum atomic E-state index is 13.6. The van der Waals surface area contributed by atoms with E-state index < -0.39 is 29.0 Å². The van der Waals surface area contributed by atoms with Gasteiger partial charge in [0.15, 0.2) is 0 Å². The van der Waals surface area contributed by atoms with E-state index in [-0.39, 0.29) is 24.2 Å². The lowest BCUT2D eigenvalue weighted by atomic mass is 10.1. The highest BCUT2D eigenvalue weighted by Crippen LogP contribution is 2.15. The minimum absolute atomic E-state index is 0.134. The van der Waals surface area contributed by atoms with Crippen molar-refractivity contribution in [1.82, 2.24) is 15.5 Å². The van der Waals surface area contributed by atoms with Gasteiger partial charge in [0, 0.05) is 25.2 Å². The molecule has 0 aliphatic carbocycles. The molecule has 1 fully saturated rings. The highest BCUT2D eigenvalue weighted by atomic mass is 19.1. The van der Waals surface area contributed by atoms with Gasteiger partial charge < -0.3 is 20.3 Å². The van der Waals surface area contributed by atoms with Crippen LogP contribution in [-0.4, -0.2) is 54.1 Å². The Morgan fingerprint density at radius 1 is 1.18 bits per heavy atom. The van der Waals surface area contributed by atoms with E-state index >= 15 is 0 Å². The fourth-order valence-corrected chi connectivity index (χ4v) is 2.74. The zero-order chi connectivity index (χ0) is 20.9. The maximum Gasteiger partial charge on any atom is 0.410 e. The molecule has 7 nitrogen and oxygen atoms in total. The minimum atomic E-state index is -0.993. The number of nitrogens with one attached hydrogen (secondary N) is 2. The number of piperidine rings is 1. The molecule has 0 bridgehead atoms. The normalized spacial score (nSPS) is 15.1. The Kier molecular flexibility index (Phi) is 6.93. The van der Waals surface area contributed by atoms with Gasteiger partial charge in [-0.15, -0.1) is 0 Å². The van der Waals surface area contributed by atoms with E-state index in [9.17, 15) is 23.2 Å². The Hall–Kier alpha value is -2.71. The summed E-state index contributed by atoms with van der Waals surface area (Å²) in [6, 6.07) is 2.46. The number of hydrogen-bond acceptors (Lipinski definition) is 4. The van der Waals surface area contributed by atoms with Crippen molar-refractivity contribution in [3.05, 3.63) is 35.4 Å². The summed E-state index contributed by atoms with van der Waals surface area (Å²) in [5.41, 5.74) is -0.899. The molecular weight excluding hydrogens is 372 g/mol. The molecule has 0 saturated carbocycles. The first kappa shape index (κ1) is 21.6. The number of halogens is 2. The minimum Gasteiger partial charge on any atom is -0.444 e. The van der Waals surface area contributed by atoms with Crippen LogP contribution in [0.25, 0.3) is 0 Å². The summed E-state index contributed by atoms with van der Waals surface area (Å²) in [5.74, 6) is -3.00. The molecule has 0 spiro atoms. The molecule has 2 rings (SSSR count). The number of rotatable bonds is 4. The highest BCUT2D eigenvalue weighted by Gasteiger charge is 2.27. The average molecular weight is 397 g/mol. The molecule has 0 radical (unpaired) electrons. The van der Waals surface area contributed by atoms with Crippen LogP contribution in [0.3, 0.4) is 0 Å². The first-order valence-electron chi connectivity index (χ1n) is 9.05. The summed E-state index contributed by atoms with van der Waals surface area (Å²) in [6.07, 6.45) is 0.739. The van der Waals surface area contributed by atoms with Crippen molar-refractivity contribution in [2.45, 2.75) is 45.3 Å². The van der Waals surface area contributed by atoms with Crippen LogP contribution in [0.4, 0.5) is 13.6 Å². The number of nitrogens with zero attached hydrogens (tertiary/aromatic N) is 1. The summed E-state index contributed by atoms with van der Waals surface area (Å²) in [7, 11) is 0. The molecule has 1 aromatic rings. The fraction of sp³-hybridized carbons (Fsp3) is 0.526. The lowest BCUT2D eigenvalue weighted by Gasteiger charge is -2.33. The predicted octanol–water partition coefficient (Wildman–Crippen LogP) is 2.21. The Morgan fingerprint density at radius 2 is 1.82 bits per heavy atom. The van der Waals surface area contributed by atoms with Crippen LogP contribution in [0.15, 0.2) is 18.2 Å². The van der Waals surface area contributed by atoms with Crippen molar-refractivity contribution in [2.75, 3.05) is 19.6 Å². The molecule has 1 aromatic carbocycles. The van der Waals surface area contributed by atoms with Gasteiger partial charge in [0.1, 0.15) is 17.2 Å². The number of carbonyl (C=O) groups excluding carboxylic acids is 3. The molecule has 1 saturated heterocycles. The summed E-state index contributed by atoms with van der Waals surface area (Å²) in [5, 5.41) is 5.07. The Bertz CT molecular complexity index is 741. The molecule has 3 amide bonds. The van der Waals surface area contributed by atoms with E-state index in [4.69, 9.17) is 4.74 Å². The molecule has 0 aromatic heterocycles. The summed E-state index contributed by atoms with van der Waals surface area (Å²) >= 11 is 0. The van der Waals surface area contributed by atoms with E-state index in [1.165, 1.54) is 0 Å². The Morgan fingerprint density at radius 3 is 2.39 bits per heavy atom. The van der Waals surface area contributed by atoms with Gasteiger partial charge in [0.25, 0.3) is 5.91 Å². The maximum absolute atomic E-state index is 13.6. The number of hydrogen-bond donors (Lipinski definition) is 2. The first-order chi connectivity index (χ1) is 13.0. The number of benzene rings is 1. The second-order valence-electron chi connectivity index (χ2n) is 7.62. The van der Waals surface area contributed by atoms with Gasteiger partial charge in [-0.2, -0.15) is 0 Å². The standard InChI is InChI=1S/C19H25F2N3O4/c1-19(2,3)28-18(27)24-8-6-13(7-9-24)23-16(25)11-22-17(26)14-5-4-12(20)10-15(14)21/h4-5,10,13H,6-9,11H2,1-3H3,(H,22,26)(H,23,25). The van der Waals surface area contributed by atoms with Crippen LogP contribution in [0, 0.1) is 11.6 Å². The largest absolute Gasteiger partial charge is 0.444 e. The number of carbonyl (C=O) groups is 3. The van der Waals surface area contributed by atoms with Gasteiger partial charge in [-0.25, -0.2) is 13.6 Å². The van der Waals surface area contributed by atoms with Gasteiger partial charge in [0.2, 0.25) is 5.91 Å². The molecule has 9 heteroatoms. The quantitative estimate of drug-likeness (QED) is 0.816. The van der Waals surface area contributed by atoms with E-state index in [1.807, 2.05) is 0 Å². The molecule has 2 N–H and O–H groups in total. The highest BCUT2D eigenvalue weighted by molar-refractivity contribution is 5.96. The van der Waals surface area contributed by atoms with Crippen molar-refractivity contribution >= 4 is 17.9 Å². The van der Waals surface area contributed by atoms with Crippen molar-refractivity contribution in [3.63, 3.8) is 0 Å². The Balaban J connectivity index is 1.74. The first-order valence-corrected chi connectivity index (χ1v) is 9.05. The van der Waals surface area contributed by atoms with E-state index in [0.29, 0.717) is 32.0 Å². The van der Waals surface area contributed by atoms with Crippen LogP contribution >= 0.6 is 0 Å². The smallest absolute Gasteiger partial charge is 0.410 e. The van der Waals surface area contributed by atoms with E-state index in [1.54, 1.807) is 25.7 Å². The van der Waals surface area contributed by atoms with E-state index in [2.05, 4.69) is 10.6 Å². The van der Waals surface area contributed by atoms with Crippen LogP contribution in [-0.2, 0) is 9.53 Å². The number of ether oxygens (including phenoxy) is 1. The van der Waals surface area contributed by atoms with Crippen LogP contribution in [0.1, 0.15) is 44.0 Å². The van der Waals surface area contributed by atoms with Gasteiger partial charge >= 0.3 is 6.09 Å². The number of amides is 3. The zero-order valence-electron chi connectivity index (χ0n) is 16.2. The molecule has 1 aliphatic rings. The van der Waals surface area contributed by atoms with Gasteiger partial charge in [-0.3, -0.25) is 9.59 Å². The molecule has 28 heavy (non-hydrogen) atoms. The van der Waals surface area contributed by atoms with Crippen LogP contribution in [0.2, 0.25) is 0 Å². The van der Waals surface area contributed by atoms with Gasteiger partial charge in [0.05, 0.1) is 12.1 Å². The molecule has 0 unspecified atom stereocenters. The van der Waals surface area contributed by atoms with Crippen molar-refractivity contribution in [1.29, 1.82) is 0 Å². The number of likely N-dealkylation sites (tertiary alicyclic amines) is 1. The van der Waals surface area contributed by atoms with Crippen molar-refractivity contribution < 1.29 is 27.9 Å².